The minimum atomic E-state index is -0.817. The Morgan fingerprint density at radius 3 is 3.00 bits per heavy atom. The minimum Gasteiger partial charge on any atom is -0.481 e. The van der Waals surface area contributed by atoms with Crippen LogP contribution in [0.15, 0.2) is 17.4 Å². The van der Waals surface area contributed by atoms with Crippen LogP contribution in [0.4, 0.5) is 0 Å². The van der Waals surface area contributed by atoms with Gasteiger partial charge < -0.3 is 9.67 Å². The number of thioether (sulfide) groups is 1. The van der Waals surface area contributed by atoms with Crippen LogP contribution in [0.2, 0.25) is 0 Å². The van der Waals surface area contributed by atoms with Gasteiger partial charge in [-0.15, -0.1) is 0 Å². The fourth-order valence-electron chi connectivity index (χ4n) is 3.13. The number of nitrogens with zero attached hydrogens (tertiary/aromatic N) is 3. The minimum absolute atomic E-state index is 0.0312. The molecule has 2 unspecified atom stereocenters. The van der Waals surface area contributed by atoms with E-state index in [1.54, 1.807) is 6.20 Å². The lowest BCUT2D eigenvalue weighted by Gasteiger charge is -2.19. The molecule has 21 heavy (non-hydrogen) atoms. The van der Waals surface area contributed by atoms with Crippen LogP contribution in [0.1, 0.15) is 37.8 Å². The van der Waals surface area contributed by atoms with E-state index < -0.39 is 5.97 Å². The Morgan fingerprint density at radius 1 is 1.52 bits per heavy atom. The molecule has 0 bridgehead atoms. The molecule has 1 aliphatic carbocycles. The molecule has 2 aromatic rings. The van der Waals surface area contributed by atoms with E-state index in [1.807, 2.05) is 13.0 Å². The summed E-state index contributed by atoms with van der Waals surface area (Å²) in [7, 11) is 0. The van der Waals surface area contributed by atoms with E-state index in [0.29, 0.717) is 12.0 Å². The molecule has 1 fully saturated rings. The molecule has 112 valence electrons. The van der Waals surface area contributed by atoms with Crippen molar-refractivity contribution in [2.45, 2.75) is 44.3 Å². The molecule has 0 aromatic carbocycles. The highest BCUT2D eigenvalue weighted by Crippen LogP contribution is 2.40. The van der Waals surface area contributed by atoms with E-state index in [2.05, 4.69) is 21.5 Å². The molecule has 2 heterocycles. The summed E-state index contributed by atoms with van der Waals surface area (Å²) in [4.78, 5) is 20.0. The molecule has 3 rings (SSSR count). The standard InChI is InChI=1S/C15H19N3O2S/c1-9-4-3-5-11(9)18-14-13(10(2)6-7-16-14)17-15(18)21-8-12(19)20/h6-7,9,11H,3-5,8H2,1-2H3,(H,19,20). The van der Waals surface area contributed by atoms with E-state index >= 15 is 0 Å². The zero-order valence-electron chi connectivity index (χ0n) is 12.2. The lowest BCUT2D eigenvalue weighted by atomic mass is 10.1. The van der Waals surface area contributed by atoms with Crippen molar-refractivity contribution in [2.24, 2.45) is 5.92 Å². The van der Waals surface area contributed by atoms with Gasteiger partial charge in [-0.05, 0) is 37.3 Å². The van der Waals surface area contributed by atoms with Gasteiger partial charge in [0.2, 0.25) is 0 Å². The Kier molecular flexibility index (Phi) is 3.89. The van der Waals surface area contributed by atoms with Crippen molar-refractivity contribution in [1.82, 2.24) is 14.5 Å². The van der Waals surface area contributed by atoms with E-state index in [0.717, 1.165) is 28.3 Å². The van der Waals surface area contributed by atoms with E-state index in [9.17, 15) is 4.79 Å². The summed E-state index contributed by atoms with van der Waals surface area (Å²) >= 11 is 1.29. The van der Waals surface area contributed by atoms with Crippen molar-refractivity contribution in [1.29, 1.82) is 0 Å². The summed E-state index contributed by atoms with van der Waals surface area (Å²) in [6.07, 6.45) is 5.34. The number of pyridine rings is 1. The van der Waals surface area contributed by atoms with Gasteiger partial charge in [0.05, 0.1) is 5.75 Å². The number of rotatable bonds is 4. The quantitative estimate of drug-likeness (QED) is 0.878. The number of hydrogen-bond acceptors (Lipinski definition) is 4. The number of fused-ring (bicyclic) bond motifs is 1. The summed E-state index contributed by atoms with van der Waals surface area (Å²) in [6.45, 7) is 4.27. The van der Waals surface area contributed by atoms with Gasteiger partial charge in [-0.3, -0.25) is 4.79 Å². The molecular weight excluding hydrogens is 286 g/mol. The molecule has 5 nitrogen and oxygen atoms in total. The topological polar surface area (TPSA) is 68.0 Å². The van der Waals surface area contributed by atoms with Crippen LogP contribution in [-0.2, 0) is 4.79 Å². The molecule has 0 aliphatic heterocycles. The van der Waals surface area contributed by atoms with Gasteiger partial charge in [-0.25, -0.2) is 9.97 Å². The van der Waals surface area contributed by atoms with Gasteiger partial charge in [0.15, 0.2) is 10.8 Å². The number of carbonyl (C=O) groups is 1. The summed E-state index contributed by atoms with van der Waals surface area (Å²) in [5, 5.41) is 9.72. The Bertz CT molecular complexity index is 683. The van der Waals surface area contributed by atoms with Crippen LogP contribution >= 0.6 is 11.8 Å². The highest BCUT2D eigenvalue weighted by Gasteiger charge is 2.29. The lowest BCUT2D eigenvalue weighted by Crippen LogP contribution is -2.14. The smallest absolute Gasteiger partial charge is 0.313 e. The fraction of sp³-hybridized carbons (Fsp3) is 0.533. The van der Waals surface area contributed by atoms with Gasteiger partial charge in [0.1, 0.15) is 5.52 Å². The molecule has 6 heteroatoms. The van der Waals surface area contributed by atoms with Crippen molar-refractivity contribution in [3.8, 4) is 0 Å². The van der Waals surface area contributed by atoms with Gasteiger partial charge in [-0.2, -0.15) is 0 Å². The van der Waals surface area contributed by atoms with Gasteiger partial charge >= 0.3 is 5.97 Å². The molecule has 1 N–H and O–H groups in total. The molecule has 0 amide bonds. The van der Waals surface area contributed by atoms with Gasteiger partial charge in [0, 0.05) is 12.2 Å². The number of aliphatic carboxylic acids is 1. The van der Waals surface area contributed by atoms with Crippen LogP contribution < -0.4 is 0 Å². The molecule has 2 atom stereocenters. The first-order chi connectivity index (χ1) is 10.1. The summed E-state index contributed by atoms with van der Waals surface area (Å²) < 4.78 is 2.17. The maximum atomic E-state index is 10.9. The number of imidazole rings is 1. The van der Waals surface area contributed by atoms with Crippen LogP contribution in [0.25, 0.3) is 11.2 Å². The number of carboxylic acid groups (broad SMARTS) is 1. The Labute approximate surface area is 127 Å². The van der Waals surface area contributed by atoms with Crippen LogP contribution in [-0.4, -0.2) is 31.4 Å². The molecular formula is C15H19N3O2S. The third-order valence-electron chi connectivity index (χ3n) is 4.22. The summed E-state index contributed by atoms with van der Waals surface area (Å²) in [5.74, 6) is -0.208. The lowest BCUT2D eigenvalue weighted by molar-refractivity contribution is -0.133. The first-order valence-corrected chi connectivity index (χ1v) is 8.24. The monoisotopic (exact) mass is 305 g/mol. The zero-order valence-corrected chi connectivity index (χ0v) is 13.1. The van der Waals surface area contributed by atoms with Crippen molar-refractivity contribution in [2.75, 3.05) is 5.75 Å². The highest BCUT2D eigenvalue weighted by atomic mass is 32.2. The zero-order chi connectivity index (χ0) is 15.0. The molecule has 0 spiro atoms. The SMILES string of the molecule is Cc1ccnc2c1nc(SCC(=O)O)n2C1CCCC1C. The van der Waals surface area contributed by atoms with Crippen LogP contribution in [0.5, 0.6) is 0 Å². The molecule has 0 saturated heterocycles. The van der Waals surface area contributed by atoms with E-state index in [4.69, 9.17) is 5.11 Å². The third-order valence-corrected chi connectivity index (χ3v) is 5.16. The predicted octanol–water partition coefficient (Wildman–Crippen LogP) is 3.28. The molecule has 2 aromatic heterocycles. The average molecular weight is 305 g/mol. The molecule has 0 radical (unpaired) electrons. The second-order valence-corrected chi connectivity index (χ2v) is 6.66. The number of hydrogen-bond donors (Lipinski definition) is 1. The Hall–Kier alpha value is -1.56. The van der Waals surface area contributed by atoms with E-state index in [1.165, 1.54) is 24.6 Å². The second kappa shape index (κ2) is 5.67. The summed E-state index contributed by atoms with van der Waals surface area (Å²) in [6, 6.07) is 2.32. The van der Waals surface area contributed by atoms with Gasteiger partial charge in [0.25, 0.3) is 0 Å². The Morgan fingerprint density at radius 2 is 2.33 bits per heavy atom. The predicted molar refractivity (Wildman–Crippen MR) is 82.7 cm³/mol. The molecule has 1 saturated carbocycles. The highest BCUT2D eigenvalue weighted by molar-refractivity contribution is 7.99. The normalized spacial score (nSPS) is 22.0. The van der Waals surface area contributed by atoms with E-state index in [-0.39, 0.29) is 5.75 Å². The summed E-state index contributed by atoms with van der Waals surface area (Å²) in [5.41, 5.74) is 2.87. The number of aromatic nitrogens is 3. The van der Waals surface area contributed by atoms with Crippen molar-refractivity contribution in [3.63, 3.8) is 0 Å². The van der Waals surface area contributed by atoms with Crippen LogP contribution in [0.3, 0.4) is 0 Å². The van der Waals surface area contributed by atoms with Crippen molar-refractivity contribution in [3.05, 3.63) is 17.8 Å². The first-order valence-electron chi connectivity index (χ1n) is 7.26. The average Bonchev–Trinajstić information content (AvgIpc) is 3.00. The Balaban J connectivity index is 2.11. The number of carboxylic acids is 1. The fourth-order valence-corrected chi connectivity index (χ4v) is 3.90. The largest absolute Gasteiger partial charge is 0.481 e. The number of aryl methyl sites for hydroxylation is 1. The van der Waals surface area contributed by atoms with Crippen LogP contribution in [0, 0.1) is 12.8 Å². The second-order valence-electron chi connectivity index (χ2n) is 5.72. The van der Waals surface area contributed by atoms with Crippen molar-refractivity contribution < 1.29 is 9.90 Å². The third kappa shape index (κ3) is 2.64. The maximum Gasteiger partial charge on any atom is 0.313 e. The maximum absolute atomic E-state index is 10.9. The van der Waals surface area contributed by atoms with Crippen molar-refractivity contribution >= 4 is 28.9 Å². The first kappa shape index (κ1) is 14.4. The molecule has 1 aliphatic rings. The van der Waals surface area contributed by atoms with Gasteiger partial charge in [-0.1, -0.05) is 25.1 Å².